The Balaban J connectivity index is 2.23. The highest BCUT2D eigenvalue weighted by molar-refractivity contribution is 6.20. The van der Waals surface area contributed by atoms with Crippen molar-refractivity contribution in [1.82, 2.24) is 0 Å². The molecular formula is C24H26Cl2. The van der Waals surface area contributed by atoms with E-state index in [0.717, 1.165) is 0 Å². The summed E-state index contributed by atoms with van der Waals surface area (Å²) in [4.78, 5) is 0. The van der Waals surface area contributed by atoms with Gasteiger partial charge in [-0.25, -0.2) is 0 Å². The SMILES string of the molecule is Cc1ccc(C)c(C2=CC(C)(CCl)C(c3ccccc3)=CC2(C)CCl)c1. The van der Waals surface area contributed by atoms with Crippen molar-refractivity contribution in [2.45, 2.75) is 27.7 Å². The topological polar surface area (TPSA) is 0 Å². The average molecular weight is 385 g/mol. The molecule has 0 fully saturated rings. The molecule has 26 heavy (non-hydrogen) atoms. The van der Waals surface area contributed by atoms with E-state index < -0.39 is 0 Å². The van der Waals surface area contributed by atoms with Crippen LogP contribution >= 0.6 is 23.2 Å². The molecule has 2 atom stereocenters. The molecule has 0 saturated carbocycles. The van der Waals surface area contributed by atoms with Crippen LogP contribution in [0.25, 0.3) is 11.1 Å². The van der Waals surface area contributed by atoms with Crippen molar-refractivity contribution >= 4 is 34.3 Å². The van der Waals surface area contributed by atoms with Gasteiger partial charge < -0.3 is 0 Å². The normalized spacial score (nSPS) is 25.6. The second-order valence-electron chi connectivity index (χ2n) is 7.90. The lowest BCUT2D eigenvalue weighted by Crippen LogP contribution is -2.30. The molecule has 3 rings (SSSR count). The van der Waals surface area contributed by atoms with Crippen molar-refractivity contribution in [2.75, 3.05) is 11.8 Å². The van der Waals surface area contributed by atoms with Crippen molar-refractivity contribution < 1.29 is 0 Å². The molecule has 0 heterocycles. The van der Waals surface area contributed by atoms with Gasteiger partial charge in [0.05, 0.1) is 0 Å². The standard InChI is InChI=1S/C24H26Cl2/c1-17-10-11-18(2)20(12-17)22-14-23(3,15-25)21(13-24(22,4)16-26)19-8-6-5-7-9-19/h5-14H,15-16H2,1-4H3. The van der Waals surface area contributed by atoms with E-state index in [0.29, 0.717) is 11.8 Å². The lowest BCUT2D eigenvalue weighted by atomic mass is 9.65. The van der Waals surface area contributed by atoms with E-state index in [2.05, 4.69) is 82.3 Å². The van der Waals surface area contributed by atoms with Crippen LogP contribution in [-0.4, -0.2) is 11.8 Å². The number of rotatable bonds is 4. The zero-order valence-electron chi connectivity index (χ0n) is 15.9. The smallest absolute Gasteiger partial charge is 0.0353 e. The van der Waals surface area contributed by atoms with Crippen molar-refractivity contribution in [3.8, 4) is 0 Å². The van der Waals surface area contributed by atoms with Crippen molar-refractivity contribution in [3.63, 3.8) is 0 Å². The van der Waals surface area contributed by atoms with Gasteiger partial charge >= 0.3 is 0 Å². The summed E-state index contributed by atoms with van der Waals surface area (Å²) in [6.45, 7) is 8.75. The zero-order valence-corrected chi connectivity index (χ0v) is 17.5. The van der Waals surface area contributed by atoms with E-state index in [1.807, 2.05) is 6.07 Å². The van der Waals surface area contributed by atoms with Crippen molar-refractivity contribution in [1.29, 1.82) is 0 Å². The zero-order chi connectivity index (χ0) is 18.9. The van der Waals surface area contributed by atoms with Gasteiger partial charge in [0.15, 0.2) is 0 Å². The van der Waals surface area contributed by atoms with Crippen LogP contribution in [0, 0.1) is 24.7 Å². The Labute approximate surface area is 167 Å². The van der Waals surface area contributed by atoms with Crippen LogP contribution < -0.4 is 0 Å². The molecule has 136 valence electrons. The predicted octanol–water partition coefficient (Wildman–Crippen LogP) is 7.27. The molecule has 2 unspecified atom stereocenters. The molecule has 2 aromatic rings. The average Bonchev–Trinajstić information content (AvgIpc) is 2.66. The third-order valence-electron chi connectivity index (χ3n) is 5.48. The highest BCUT2D eigenvalue weighted by Crippen LogP contribution is 2.52. The molecule has 0 aromatic heterocycles. The summed E-state index contributed by atoms with van der Waals surface area (Å²) >= 11 is 13.0. The second-order valence-corrected chi connectivity index (χ2v) is 8.44. The monoisotopic (exact) mass is 384 g/mol. The number of benzene rings is 2. The van der Waals surface area contributed by atoms with E-state index in [1.54, 1.807) is 0 Å². The van der Waals surface area contributed by atoms with Gasteiger partial charge in [-0.3, -0.25) is 0 Å². The number of halogens is 2. The summed E-state index contributed by atoms with van der Waals surface area (Å²) in [5.41, 5.74) is 7.06. The van der Waals surface area contributed by atoms with Gasteiger partial charge in [-0.1, -0.05) is 80.1 Å². The Morgan fingerprint density at radius 3 is 1.96 bits per heavy atom. The summed E-state index contributed by atoms with van der Waals surface area (Å²) in [6, 6.07) is 17.1. The fourth-order valence-electron chi connectivity index (χ4n) is 3.79. The Hall–Kier alpha value is -1.50. The van der Waals surface area contributed by atoms with Gasteiger partial charge in [-0.15, -0.1) is 23.2 Å². The third kappa shape index (κ3) is 3.38. The maximum atomic E-state index is 6.53. The summed E-state index contributed by atoms with van der Waals surface area (Å²) in [7, 11) is 0. The molecule has 2 aromatic carbocycles. The van der Waals surface area contributed by atoms with E-state index in [9.17, 15) is 0 Å². The molecule has 0 radical (unpaired) electrons. The first-order valence-electron chi connectivity index (χ1n) is 9.05. The first kappa shape index (κ1) is 19.3. The predicted molar refractivity (Wildman–Crippen MR) is 116 cm³/mol. The lowest BCUT2D eigenvalue weighted by Gasteiger charge is -2.41. The number of aryl methyl sites for hydroxylation is 2. The van der Waals surface area contributed by atoms with E-state index in [4.69, 9.17) is 23.2 Å². The van der Waals surface area contributed by atoms with E-state index >= 15 is 0 Å². The number of hydrogen-bond acceptors (Lipinski definition) is 0. The van der Waals surface area contributed by atoms with Gasteiger partial charge in [0.1, 0.15) is 0 Å². The second kappa shape index (κ2) is 7.25. The quantitative estimate of drug-likeness (QED) is 0.485. The van der Waals surface area contributed by atoms with Gasteiger partial charge in [0.25, 0.3) is 0 Å². The van der Waals surface area contributed by atoms with E-state index in [-0.39, 0.29) is 10.8 Å². The number of alkyl halides is 2. The third-order valence-corrected chi connectivity index (χ3v) is 6.59. The number of hydrogen-bond donors (Lipinski definition) is 0. The van der Waals surface area contributed by atoms with Crippen LogP contribution in [-0.2, 0) is 0 Å². The molecule has 0 N–H and O–H groups in total. The van der Waals surface area contributed by atoms with Gasteiger partial charge in [-0.05, 0) is 41.7 Å². The van der Waals surface area contributed by atoms with Crippen molar-refractivity contribution in [3.05, 3.63) is 82.9 Å². The fourth-order valence-corrected chi connectivity index (χ4v) is 4.23. The van der Waals surface area contributed by atoms with Crippen molar-refractivity contribution in [2.24, 2.45) is 10.8 Å². The maximum absolute atomic E-state index is 6.53. The van der Waals surface area contributed by atoms with Crippen LogP contribution in [0.1, 0.15) is 36.1 Å². The highest BCUT2D eigenvalue weighted by Gasteiger charge is 2.39. The molecular weight excluding hydrogens is 359 g/mol. The number of allylic oxidation sites excluding steroid dienone is 4. The molecule has 0 spiro atoms. The van der Waals surface area contributed by atoms with Gasteiger partial charge in [0.2, 0.25) is 0 Å². The van der Waals surface area contributed by atoms with Crippen LogP contribution in [0.2, 0.25) is 0 Å². The molecule has 1 aliphatic carbocycles. The lowest BCUT2D eigenvalue weighted by molar-refractivity contribution is 0.579. The first-order valence-corrected chi connectivity index (χ1v) is 10.1. The Bertz CT molecular complexity index is 863. The first-order chi connectivity index (χ1) is 12.3. The summed E-state index contributed by atoms with van der Waals surface area (Å²) in [5.74, 6) is 1.06. The molecule has 0 aliphatic heterocycles. The molecule has 0 nitrogen and oxygen atoms in total. The minimum absolute atomic E-state index is 0.236. The Morgan fingerprint density at radius 1 is 0.769 bits per heavy atom. The van der Waals surface area contributed by atoms with Crippen LogP contribution in [0.15, 0.2) is 60.7 Å². The minimum atomic E-state index is -0.239. The molecule has 0 saturated heterocycles. The summed E-state index contributed by atoms with van der Waals surface area (Å²) < 4.78 is 0. The Kier molecular flexibility index (Phi) is 5.37. The summed E-state index contributed by atoms with van der Waals surface area (Å²) in [5, 5.41) is 0. The molecule has 1 aliphatic rings. The maximum Gasteiger partial charge on any atom is 0.0353 e. The molecule has 0 amide bonds. The summed E-state index contributed by atoms with van der Waals surface area (Å²) in [6.07, 6.45) is 4.70. The fraction of sp³-hybridized carbons (Fsp3) is 0.333. The van der Waals surface area contributed by atoms with Crippen LogP contribution in [0.5, 0.6) is 0 Å². The largest absolute Gasteiger partial charge is 0.125 e. The van der Waals surface area contributed by atoms with Gasteiger partial charge in [0, 0.05) is 22.6 Å². The molecule has 0 bridgehead atoms. The van der Waals surface area contributed by atoms with Gasteiger partial charge in [-0.2, -0.15) is 0 Å². The Morgan fingerprint density at radius 2 is 1.35 bits per heavy atom. The van der Waals surface area contributed by atoms with E-state index in [1.165, 1.54) is 33.4 Å². The highest BCUT2D eigenvalue weighted by atomic mass is 35.5. The van der Waals surface area contributed by atoms with Crippen LogP contribution in [0.3, 0.4) is 0 Å². The molecule has 2 heteroatoms. The van der Waals surface area contributed by atoms with Crippen LogP contribution in [0.4, 0.5) is 0 Å². The minimum Gasteiger partial charge on any atom is -0.125 e.